The summed E-state index contributed by atoms with van der Waals surface area (Å²) in [6, 6.07) is 19.6. The molecular formula is C21H17N3O3S2. The van der Waals surface area contributed by atoms with E-state index in [1.807, 2.05) is 35.7 Å². The van der Waals surface area contributed by atoms with Crippen LogP contribution in [0, 0.1) is 0 Å². The molecule has 8 heteroatoms. The largest absolute Gasteiger partial charge is 0.302 e. The monoisotopic (exact) mass is 423 g/mol. The molecule has 0 saturated heterocycles. The first-order chi connectivity index (χ1) is 13.9. The van der Waals surface area contributed by atoms with Crippen LogP contribution in [0.3, 0.4) is 0 Å². The van der Waals surface area contributed by atoms with Gasteiger partial charge in [-0.3, -0.25) is 9.52 Å². The SMILES string of the molecule is CC(=O)Nc1nc(-c2cccc(NS(=O)(=O)c3cccc4ccccc34)c2)cs1. The second-order valence-electron chi connectivity index (χ2n) is 6.38. The number of hydrogen-bond donors (Lipinski definition) is 2. The topological polar surface area (TPSA) is 88.2 Å². The van der Waals surface area contributed by atoms with E-state index in [4.69, 9.17) is 0 Å². The highest BCUT2D eigenvalue weighted by Gasteiger charge is 2.17. The number of hydrogen-bond acceptors (Lipinski definition) is 5. The molecule has 0 aliphatic heterocycles. The van der Waals surface area contributed by atoms with Gasteiger partial charge in [-0.1, -0.05) is 48.5 Å². The zero-order valence-electron chi connectivity index (χ0n) is 15.4. The van der Waals surface area contributed by atoms with Crippen LogP contribution in [0.5, 0.6) is 0 Å². The molecule has 0 saturated carbocycles. The molecule has 0 radical (unpaired) electrons. The fourth-order valence-corrected chi connectivity index (χ4v) is 5.04. The maximum atomic E-state index is 13.0. The molecule has 0 aliphatic carbocycles. The molecular weight excluding hydrogens is 406 g/mol. The van der Waals surface area contributed by atoms with Gasteiger partial charge in [-0.2, -0.15) is 0 Å². The number of nitrogens with zero attached hydrogens (tertiary/aromatic N) is 1. The smallest absolute Gasteiger partial charge is 0.262 e. The van der Waals surface area contributed by atoms with Crippen molar-refractivity contribution in [1.29, 1.82) is 0 Å². The van der Waals surface area contributed by atoms with Gasteiger partial charge in [-0.25, -0.2) is 13.4 Å². The Balaban J connectivity index is 1.65. The van der Waals surface area contributed by atoms with Crippen molar-refractivity contribution in [1.82, 2.24) is 4.98 Å². The number of sulfonamides is 1. The van der Waals surface area contributed by atoms with E-state index in [0.717, 1.165) is 10.9 Å². The van der Waals surface area contributed by atoms with Crippen LogP contribution in [-0.4, -0.2) is 19.3 Å². The molecule has 29 heavy (non-hydrogen) atoms. The van der Waals surface area contributed by atoms with Crippen LogP contribution in [0.25, 0.3) is 22.0 Å². The Morgan fingerprint density at radius 2 is 1.76 bits per heavy atom. The number of fused-ring (bicyclic) bond motifs is 1. The molecule has 6 nitrogen and oxygen atoms in total. The number of benzene rings is 3. The van der Waals surface area contributed by atoms with E-state index in [1.54, 1.807) is 36.4 Å². The van der Waals surface area contributed by atoms with Crippen molar-refractivity contribution in [3.8, 4) is 11.3 Å². The van der Waals surface area contributed by atoms with Crippen LogP contribution in [0.2, 0.25) is 0 Å². The molecule has 146 valence electrons. The molecule has 4 rings (SSSR count). The molecule has 0 aliphatic rings. The predicted octanol–water partition coefficient (Wildman–Crippen LogP) is 4.72. The molecule has 3 aromatic carbocycles. The maximum absolute atomic E-state index is 13.0. The zero-order chi connectivity index (χ0) is 20.4. The minimum absolute atomic E-state index is 0.192. The predicted molar refractivity (Wildman–Crippen MR) is 117 cm³/mol. The van der Waals surface area contributed by atoms with Crippen LogP contribution in [0.4, 0.5) is 10.8 Å². The van der Waals surface area contributed by atoms with Gasteiger partial charge in [0.25, 0.3) is 10.0 Å². The minimum atomic E-state index is -3.77. The minimum Gasteiger partial charge on any atom is -0.302 e. The number of carbonyl (C=O) groups is 1. The number of anilines is 2. The van der Waals surface area contributed by atoms with Crippen molar-refractivity contribution in [3.05, 3.63) is 72.1 Å². The van der Waals surface area contributed by atoms with Crippen molar-refractivity contribution in [2.75, 3.05) is 10.0 Å². The van der Waals surface area contributed by atoms with Crippen LogP contribution < -0.4 is 10.0 Å². The molecule has 0 spiro atoms. The van der Waals surface area contributed by atoms with Crippen molar-refractivity contribution < 1.29 is 13.2 Å². The Kier molecular flexibility index (Phi) is 5.04. The van der Waals surface area contributed by atoms with Crippen molar-refractivity contribution in [3.63, 3.8) is 0 Å². The van der Waals surface area contributed by atoms with Gasteiger partial charge < -0.3 is 5.32 Å². The summed E-state index contributed by atoms with van der Waals surface area (Å²) in [6.07, 6.45) is 0. The Labute approximate surface area is 172 Å². The third-order valence-electron chi connectivity index (χ3n) is 4.24. The van der Waals surface area contributed by atoms with Gasteiger partial charge in [-0.15, -0.1) is 11.3 Å². The average molecular weight is 424 g/mol. The number of carbonyl (C=O) groups excluding carboxylic acids is 1. The average Bonchev–Trinajstić information content (AvgIpc) is 3.15. The van der Waals surface area contributed by atoms with Gasteiger partial charge in [0.05, 0.1) is 10.6 Å². The Hall–Kier alpha value is -3.23. The molecule has 1 aromatic heterocycles. The summed E-state index contributed by atoms with van der Waals surface area (Å²) in [5.41, 5.74) is 1.84. The highest BCUT2D eigenvalue weighted by molar-refractivity contribution is 7.93. The summed E-state index contributed by atoms with van der Waals surface area (Å²) in [5.74, 6) is -0.192. The quantitative estimate of drug-likeness (QED) is 0.486. The Bertz CT molecular complexity index is 1310. The lowest BCUT2D eigenvalue weighted by atomic mass is 10.1. The second-order valence-corrected chi connectivity index (χ2v) is 8.89. The summed E-state index contributed by atoms with van der Waals surface area (Å²) >= 11 is 1.31. The number of amides is 1. The van der Waals surface area contributed by atoms with Crippen LogP contribution >= 0.6 is 11.3 Å². The van der Waals surface area contributed by atoms with E-state index in [0.29, 0.717) is 21.9 Å². The highest BCUT2D eigenvalue weighted by Crippen LogP contribution is 2.29. The molecule has 0 fully saturated rings. The molecule has 4 aromatic rings. The Morgan fingerprint density at radius 3 is 2.59 bits per heavy atom. The first-order valence-corrected chi connectivity index (χ1v) is 11.1. The summed E-state index contributed by atoms with van der Waals surface area (Å²) in [7, 11) is -3.77. The van der Waals surface area contributed by atoms with Crippen molar-refractivity contribution >= 4 is 48.9 Å². The lowest BCUT2D eigenvalue weighted by molar-refractivity contribution is -0.114. The molecule has 1 heterocycles. The standard InChI is InChI=1S/C21H17N3O3S2/c1-14(25)22-21-23-19(13-28-21)16-8-4-9-17(12-16)24-29(26,27)20-11-5-7-15-6-2-3-10-18(15)20/h2-13,24H,1H3,(H,22,23,25). The lowest BCUT2D eigenvalue weighted by Crippen LogP contribution is -2.13. The van der Waals surface area contributed by atoms with Gasteiger partial charge in [0.2, 0.25) is 5.91 Å². The summed E-state index contributed by atoms with van der Waals surface area (Å²) in [5, 5.41) is 6.47. The fraction of sp³-hybridized carbons (Fsp3) is 0.0476. The van der Waals surface area contributed by atoms with Crippen molar-refractivity contribution in [2.24, 2.45) is 0 Å². The zero-order valence-corrected chi connectivity index (χ0v) is 17.0. The van der Waals surface area contributed by atoms with Gasteiger partial charge >= 0.3 is 0 Å². The third-order valence-corrected chi connectivity index (χ3v) is 6.43. The van der Waals surface area contributed by atoms with Crippen LogP contribution in [-0.2, 0) is 14.8 Å². The number of rotatable bonds is 5. The fourth-order valence-electron chi connectivity index (χ4n) is 3.00. The first kappa shape index (κ1) is 19.1. The van der Waals surface area contributed by atoms with E-state index < -0.39 is 10.0 Å². The third kappa shape index (κ3) is 4.13. The van der Waals surface area contributed by atoms with Crippen LogP contribution in [0.1, 0.15) is 6.92 Å². The van der Waals surface area contributed by atoms with Gasteiger partial charge in [-0.05, 0) is 23.6 Å². The van der Waals surface area contributed by atoms with E-state index >= 15 is 0 Å². The normalized spacial score (nSPS) is 11.3. The summed E-state index contributed by atoms with van der Waals surface area (Å²) in [4.78, 5) is 15.8. The second kappa shape index (κ2) is 7.65. The maximum Gasteiger partial charge on any atom is 0.262 e. The van der Waals surface area contributed by atoms with Crippen LogP contribution in [0.15, 0.2) is 77.0 Å². The van der Waals surface area contributed by atoms with Gasteiger partial charge in [0.15, 0.2) is 5.13 Å². The summed E-state index contributed by atoms with van der Waals surface area (Å²) in [6.45, 7) is 1.42. The number of thiazole rings is 1. The summed E-state index contributed by atoms with van der Waals surface area (Å²) < 4.78 is 28.7. The first-order valence-electron chi connectivity index (χ1n) is 8.76. The van der Waals surface area contributed by atoms with Gasteiger partial charge in [0, 0.05) is 28.9 Å². The van der Waals surface area contributed by atoms with E-state index in [-0.39, 0.29) is 10.8 Å². The number of nitrogens with one attached hydrogen (secondary N) is 2. The molecule has 0 atom stereocenters. The van der Waals surface area contributed by atoms with E-state index in [1.165, 1.54) is 18.3 Å². The molecule has 1 amide bonds. The molecule has 2 N–H and O–H groups in total. The van der Waals surface area contributed by atoms with Crippen molar-refractivity contribution in [2.45, 2.75) is 11.8 Å². The number of aromatic nitrogens is 1. The van der Waals surface area contributed by atoms with E-state index in [2.05, 4.69) is 15.0 Å². The lowest BCUT2D eigenvalue weighted by Gasteiger charge is -2.11. The highest BCUT2D eigenvalue weighted by atomic mass is 32.2. The molecule has 0 bridgehead atoms. The molecule has 0 unspecified atom stereocenters. The Morgan fingerprint density at radius 1 is 1.00 bits per heavy atom. The van der Waals surface area contributed by atoms with E-state index in [9.17, 15) is 13.2 Å². The van der Waals surface area contributed by atoms with Gasteiger partial charge in [0.1, 0.15) is 0 Å².